The van der Waals surface area contributed by atoms with Gasteiger partial charge in [-0.2, -0.15) is 0 Å². The van der Waals surface area contributed by atoms with E-state index in [4.69, 9.17) is 16.3 Å². The van der Waals surface area contributed by atoms with Crippen LogP contribution in [-0.2, 0) is 9.53 Å². The van der Waals surface area contributed by atoms with Crippen LogP contribution in [0.1, 0.15) is 32.8 Å². The molecule has 0 saturated carbocycles. The van der Waals surface area contributed by atoms with Gasteiger partial charge in [0.05, 0.1) is 0 Å². The molecule has 2 rings (SSSR count). The first-order chi connectivity index (χ1) is 10.7. The maximum absolute atomic E-state index is 12.2. The van der Waals surface area contributed by atoms with Crippen LogP contribution in [0.2, 0.25) is 0 Å². The molecule has 23 heavy (non-hydrogen) atoms. The molecule has 0 spiro atoms. The summed E-state index contributed by atoms with van der Waals surface area (Å²) in [6.45, 7) is 7.97. The smallest absolute Gasteiger partial charge is 0.412 e. The molecule has 0 radical (unpaired) electrons. The molecule has 1 aromatic rings. The van der Waals surface area contributed by atoms with Crippen LogP contribution in [0.3, 0.4) is 0 Å². The number of rotatable bonds is 3. The number of benzene rings is 1. The average molecular weight is 339 g/mol. The molecule has 1 heterocycles. The summed E-state index contributed by atoms with van der Waals surface area (Å²) in [7, 11) is 0. The van der Waals surface area contributed by atoms with Gasteiger partial charge in [-0.1, -0.05) is 6.07 Å². The van der Waals surface area contributed by atoms with E-state index >= 15 is 0 Å². The van der Waals surface area contributed by atoms with Crippen LogP contribution in [0.25, 0.3) is 0 Å². The third-order valence-corrected chi connectivity index (χ3v) is 4.00. The minimum atomic E-state index is -0.559. The van der Waals surface area contributed by atoms with Gasteiger partial charge in [0.1, 0.15) is 5.60 Å². The number of aryl methyl sites for hydroxylation is 1. The second-order valence-electron chi connectivity index (χ2n) is 6.86. The van der Waals surface area contributed by atoms with Crippen LogP contribution in [0.15, 0.2) is 18.2 Å². The number of hydrogen-bond acceptors (Lipinski definition) is 3. The van der Waals surface area contributed by atoms with Gasteiger partial charge in [-0.3, -0.25) is 10.1 Å². The first-order valence-electron chi connectivity index (χ1n) is 7.66. The number of carbonyl (C=O) groups is 2. The van der Waals surface area contributed by atoms with Crippen LogP contribution in [0.4, 0.5) is 16.2 Å². The molecule has 1 fully saturated rings. The molecule has 0 aliphatic carbocycles. The number of halogens is 1. The monoisotopic (exact) mass is 338 g/mol. The Hall–Kier alpha value is -1.75. The van der Waals surface area contributed by atoms with E-state index in [-0.39, 0.29) is 11.8 Å². The van der Waals surface area contributed by atoms with E-state index in [1.165, 1.54) is 0 Å². The molecule has 1 aliphatic heterocycles. The Bertz CT molecular complexity index is 610. The van der Waals surface area contributed by atoms with Gasteiger partial charge in [0.25, 0.3) is 0 Å². The number of nitrogens with one attached hydrogen (secondary N) is 1. The largest absolute Gasteiger partial charge is 0.444 e. The van der Waals surface area contributed by atoms with Crippen LogP contribution < -0.4 is 10.2 Å². The summed E-state index contributed by atoms with van der Waals surface area (Å²) in [4.78, 5) is 25.8. The number of hydrogen-bond donors (Lipinski definition) is 1. The average Bonchev–Trinajstić information content (AvgIpc) is 2.80. The third kappa shape index (κ3) is 4.61. The lowest BCUT2D eigenvalue weighted by Gasteiger charge is -2.22. The number of carbonyl (C=O) groups excluding carboxylic acids is 2. The molecule has 126 valence electrons. The molecule has 2 amide bonds. The Labute approximate surface area is 141 Å². The minimum absolute atomic E-state index is 0.0631. The summed E-state index contributed by atoms with van der Waals surface area (Å²) in [5.41, 5.74) is 1.82. The van der Waals surface area contributed by atoms with Crippen molar-refractivity contribution in [1.82, 2.24) is 0 Å². The molecule has 1 atom stereocenters. The molecule has 1 unspecified atom stereocenters. The van der Waals surface area contributed by atoms with E-state index < -0.39 is 11.7 Å². The van der Waals surface area contributed by atoms with Crippen molar-refractivity contribution in [3.8, 4) is 0 Å². The number of alkyl halides is 1. The van der Waals surface area contributed by atoms with Gasteiger partial charge in [0.15, 0.2) is 0 Å². The highest BCUT2D eigenvalue weighted by Gasteiger charge is 2.31. The van der Waals surface area contributed by atoms with Gasteiger partial charge < -0.3 is 9.64 Å². The van der Waals surface area contributed by atoms with Crippen molar-refractivity contribution in [3.05, 3.63) is 23.8 Å². The summed E-state index contributed by atoms with van der Waals surface area (Å²) < 4.78 is 5.24. The Balaban J connectivity index is 2.16. The van der Waals surface area contributed by atoms with E-state index in [9.17, 15) is 9.59 Å². The predicted molar refractivity (Wildman–Crippen MR) is 92.2 cm³/mol. The standard InChI is InChI=1S/C17H23ClN2O3/c1-11-5-6-13(19-16(22)23-17(2,3)4)8-14(11)20-10-12(9-18)7-15(20)21/h5-6,8,12H,7,9-10H2,1-4H3,(H,19,22). The zero-order valence-corrected chi connectivity index (χ0v) is 14.7. The Morgan fingerprint density at radius 3 is 2.70 bits per heavy atom. The zero-order chi connectivity index (χ0) is 17.2. The van der Waals surface area contributed by atoms with E-state index in [1.807, 2.05) is 33.8 Å². The normalized spacial score (nSPS) is 18.2. The Kier molecular flexibility index (Phi) is 5.19. The molecule has 1 aromatic carbocycles. The van der Waals surface area contributed by atoms with Crippen molar-refractivity contribution in [2.24, 2.45) is 5.92 Å². The molecule has 1 aliphatic rings. The van der Waals surface area contributed by atoms with E-state index in [1.54, 1.807) is 17.0 Å². The number of amides is 2. The minimum Gasteiger partial charge on any atom is -0.444 e. The quantitative estimate of drug-likeness (QED) is 0.849. The molecule has 5 nitrogen and oxygen atoms in total. The molecule has 1 saturated heterocycles. The van der Waals surface area contributed by atoms with Crippen LogP contribution in [0, 0.1) is 12.8 Å². The van der Waals surface area contributed by atoms with E-state index in [0.29, 0.717) is 24.5 Å². The molecule has 6 heteroatoms. The number of ether oxygens (including phenoxy) is 1. The van der Waals surface area contributed by atoms with Crippen molar-refractivity contribution >= 4 is 35.0 Å². The molecule has 0 bridgehead atoms. The summed E-state index contributed by atoms with van der Waals surface area (Å²) in [6.07, 6.45) is -0.0502. The summed E-state index contributed by atoms with van der Waals surface area (Å²) in [5, 5.41) is 2.70. The summed E-state index contributed by atoms with van der Waals surface area (Å²) in [6, 6.07) is 5.47. The lowest BCUT2D eigenvalue weighted by atomic mass is 10.1. The van der Waals surface area contributed by atoms with E-state index in [2.05, 4.69) is 5.32 Å². The Morgan fingerprint density at radius 1 is 1.43 bits per heavy atom. The third-order valence-electron chi connectivity index (χ3n) is 3.57. The van der Waals surface area contributed by atoms with Gasteiger partial charge in [0.2, 0.25) is 5.91 Å². The maximum atomic E-state index is 12.2. The highest BCUT2D eigenvalue weighted by Crippen LogP contribution is 2.30. The van der Waals surface area contributed by atoms with Crippen LogP contribution in [0.5, 0.6) is 0 Å². The fraction of sp³-hybridized carbons (Fsp3) is 0.529. The fourth-order valence-corrected chi connectivity index (χ4v) is 2.72. The predicted octanol–water partition coefficient (Wildman–Crippen LogP) is 3.93. The molecule has 1 N–H and O–H groups in total. The SMILES string of the molecule is Cc1ccc(NC(=O)OC(C)(C)C)cc1N1CC(CCl)CC1=O. The van der Waals surface area contributed by atoms with Crippen molar-refractivity contribution in [3.63, 3.8) is 0 Å². The van der Waals surface area contributed by atoms with Gasteiger partial charge in [-0.05, 0) is 51.3 Å². The van der Waals surface area contributed by atoms with Gasteiger partial charge in [0, 0.05) is 30.2 Å². The van der Waals surface area contributed by atoms with E-state index in [0.717, 1.165) is 11.3 Å². The highest BCUT2D eigenvalue weighted by atomic mass is 35.5. The molecular weight excluding hydrogens is 316 g/mol. The second kappa shape index (κ2) is 6.79. The first-order valence-corrected chi connectivity index (χ1v) is 8.20. The number of anilines is 2. The van der Waals surface area contributed by atoms with Gasteiger partial charge in [-0.15, -0.1) is 11.6 Å². The van der Waals surface area contributed by atoms with Gasteiger partial charge in [-0.25, -0.2) is 4.79 Å². The number of nitrogens with zero attached hydrogens (tertiary/aromatic N) is 1. The lowest BCUT2D eigenvalue weighted by molar-refractivity contribution is -0.117. The Morgan fingerprint density at radius 2 is 2.13 bits per heavy atom. The van der Waals surface area contributed by atoms with Crippen molar-refractivity contribution in [2.75, 3.05) is 22.6 Å². The van der Waals surface area contributed by atoms with Crippen LogP contribution >= 0.6 is 11.6 Å². The van der Waals surface area contributed by atoms with Crippen molar-refractivity contribution in [1.29, 1.82) is 0 Å². The van der Waals surface area contributed by atoms with Crippen LogP contribution in [-0.4, -0.2) is 30.0 Å². The second-order valence-corrected chi connectivity index (χ2v) is 7.17. The highest BCUT2D eigenvalue weighted by molar-refractivity contribution is 6.18. The molecular formula is C17H23ClN2O3. The summed E-state index contributed by atoms with van der Waals surface area (Å²) >= 11 is 5.87. The zero-order valence-electron chi connectivity index (χ0n) is 14.0. The molecule has 0 aromatic heterocycles. The van der Waals surface area contributed by atoms with Crippen molar-refractivity contribution in [2.45, 2.75) is 39.7 Å². The summed E-state index contributed by atoms with van der Waals surface area (Å²) in [5.74, 6) is 0.705. The maximum Gasteiger partial charge on any atom is 0.412 e. The van der Waals surface area contributed by atoms with Gasteiger partial charge >= 0.3 is 6.09 Å². The fourth-order valence-electron chi connectivity index (χ4n) is 2.52. The van der Waals surface area contributed by atoms with Crippen molar-refractivity contribution < 1.29 is 14.3 Å². The topological polar surface area (TPSA) is 58.6 Å². The lowest BCUT2D eigenvalue weighted by Crippen LogP contribution is -2.28. The first kappa shape index (κ1) is 17.6.